The van der Waals surface area contributed by atoms with E-state index in [1.807, 2.05) is 30.3 Å². The molecule has 2 heterocycles. The highest BCUT2D eigenvalue weighted by Crippen LogP contribution is 2.33. The molecule has 2 aromatic heterocycles. The summed E-state index contributed by atoms with van der Waals surface area (Å²) in [4.78, 5) is 12.1. The van der Waals surface area contributed by atoms with Crippen molar-refractivity contribution in [2.75, 3.05) is 0 Å². The number of carbonyl (C=O) groups excluding carboxylic acids is 1. The van der Waals surface area contributed by atoms with Crippen LogP contribution in [0.2, 0.25) is 0 Å². The molecule has 0 atom stereocenters. The van der Waals surface area contributed by atoms with Gasteiger partial charge in [-0.25, -0.2) is 0 Å². The number of hydrogen-bond donors (Lipinski definition) is 0. The zero-order chi connectivity index (χ0) is 22.5. The number of rotatable bonds is 8. The largest absolute Gasteiger partial charge is 0.455 e. The van der Waals surface area contributed by atoms with Crippen LogP contribution in [0.5, 0.6) is 5.75 Å². The molecular formula is C22H17F2N3O5. The van der Waals surface area contributed by atoms with Crippen molar-refractivity contribution < 1.29 is 32.0 Å². The first-order chi connectivity index (χ1) is 15.5. The number of aromatic nitrogens is 3. The minimum atomic E-state index is -2.91. The first-order valence-electron chi connectivity index (χ1n) is 9.53. The van der Waals surface area contributed by atoms with Crippen molar-refractivity contribution in [3.63, 3.8) is 0 Å². The summed E-state index contributed by atoms with van der Waals surface area (Å²) >= 11 is 0. The number of benzene rings is 2. The summed E-state index contributed by atoms with van der Waals surface area (Å²) in [5.41, 5.74) is 2.54. The van der Waals surface area contributed by atoms with Crippen molar-refractivity contribution in [2.45, 2.75) is 26.6 Å². The molecule has 0 amide bonds. The fraction of sp³-hybridized carbons (Fsp3) is 0.182. The lowest BCUT2D eigenvalue weighted by molar-refractivity contribution is -0.144. The SMILES string of the molecule is Cc1onc(-c2ccccc2)c1-c1nnc(COC(=O)Cc2ccc(OC(F)F)cc2)o1. The quantitative estimate of drug-likeness (QED) is 0.366. The van der Waals surface area contributed by atoms with Gasteiger partial charge in [-0.15, -0.1) is 10.2 Å². The summed E-state index contributed by atoms with van der Waals surface area (Å²) in [6.45, 7) is -1.39. The molecule has 2 aromatic carbocycles. The lowest BCUT2D eigenvalue weighted by Crippen LogP contribution is -2.08. The number of carbonyl (C=O) groups is 1. The number of esters is 1. The van der Waals surface area contributed by atoms with Crippen LogP contribution in [0.25, 0.3) is 22.7 Å². The van der Waals surface area contributed by atoms with Gasteiger partial charge in [-0.1, -0.05) is 47.6 Å². The van der Waals surface area contributed by atoms with Crippen LogP contribution in [0.1, 0.15) is 17.2 Å². The molecule has 0 fully saturated rings. The number of alkyl halides is 2. The van der Waals surface area contributed by atoms with Crippen molar-refractivity contribution in [1.29, 1.82) is 0 Å². The molecule has 0 aliphatic rings. The van der Waals surface area contributed by atoms with E-state index >= 15 is 0 Å². The van der Waals surface area contributed by atoms with E-state index in [1.54, 1.807) is 6.92 Å². The van der Waals surface area contributed by atoms with E-state index in [1.165, 1.54) is 24.3 Å². The Hall–Kier alpha value is -4.08. The van der Waals surface area contributed by atoms with E-state index in [9.17, 15) is 13.6 Å². The maximum absolute atomic E-state index is 12.2. The molecule has 0 spiro atoms. The first-order valence-corrected chi connectivity index (χ1v) is 9.53. The van der Waals surface area contributed by atoms with Gasteiger partial charge in [0.05, 0.1) is 6.42 Å². The van der Waals surface area contributed by atoms with Gasteiger partial charge in [-0.3, -0.25) is 4.79 Å². The Bertz CT molecular complexity index is 1190. The van der Waals surface area contributed by atoms with Crippen LogP contribution in [-0.2, 0) is 22.6 Å². The fourth-order valence-corrected chi connectivity index (χ4v) is 2.98. The lowest BCUT2D eigenvalue weighted by atomic mass is 10.1. The predicted molar refractivity (Wildman–Crippen MR) is 107 cm³/mol. The standard InChI is InChI=1S/C22H17F2N3O5/c1-13-19(20(27-32-13)15-5-3-2-4-6-15)21-26-25-17(31-21)12-29-18(28)11-14-7-9-16(10-8-14)30-22(23)24/h2-10,22H,11-12H2,1H3. The average Bonchev–Trinajstić information content (AvgIpc) is 3.40. The Balaban J connectivity index is 1.38. The van der Waals surface area contributed by atoms with Crippen LogP contribution in [0.4, 0.5) is 8.78 Å². The molecule has 4 rings (SSSR count). The van der Waals surface area contributed by atoms with Crippen LogP contribution in [-0.4, -0.2) is 27.9 Å². The van der Waals surface area contributed by atoms with Gasteiger partial charge in [0.15, 0.2) is 6.61 Å². The first kappa shape index (κ1) is 21.2. The normalized spacial score (nSPS) is 11.0. The van der Waals surface area contributed by atoms with E-state index in [2.05, 4.69) is 20.1 Å². The minimum absolute atomic E-state index is 0.00871. The Morgan fingerprint density at radius 2 is 1.81 bits per heavy atom. The van der Waals surface area contributed by atoms with E-state index in [0.29, 0.717) is 22.6 Å². The monoisotopic (exact) mass is 441 g/mol. The van der Waals surface area contributed by atoms with Crippen molar-refractivity contribution in [3.8, 4) is 28.5 Å². The van der Waals surface area contributed by atoms with Gasteiger partial charge in [0.1, 0.15) is 22.8 Å². The molecular weight excluding hydrogens is 424 g/mol. The third kappa shape index (κ3) is 4.97. The summed E-state index contributed by atoms with van der Waals surface area (Å²) in [7, 11) is 0. The van der Waals surface area contributed by atoms with Crippen LogP contribution in [0.3, 0.4) is 0 Å². The Kier molecular flexibility index (Phi) is 6.20. The minimum Gasteiger partial charge on any atom is -0.455 e. The second kappa shape index (κ2) is 9.38. The molecule has 0 bridgehead atoms. The number of halogens is 2. The summed E-state index contributed by atoms with van der Waals surface area (Å²) in [5, 5.41) is 12.0. The molecule has 164 valence electrons. The van der Waals surface area contributed by atoms with Crippen molar-refractivity contribution in [3.05, 3.63) is 71.8 Å². The lowest BCUT2D eigenvalue weighted by Gasteiger charge is -2.06. The smallest absolute Gasteiger partial charge is 0.387 e. The van der Waals surface area contributed by atoms with Crippen LogP contribution >= 0.6 is 0 Å². The highest BCUT2D eigenvalue weighted by molar-refractivity contribution is 5.77. The summed E-state index contributed by atoms with van der Waals surface area (Å²) in [6, 6.07) is 15.1. The Labute approximate surface area is 180 Å². The maximum Gasteiger partial charge on any atom is 0.387 e. The van der Waals surface area contributed by atoms with E-state index < -0.39 is 12.6 Å². The van der Waals surface area contributed by atoms with Gasteiger partial charge in [-0.2, -0.15) is 8.78 Å². The molecule has 4 aromatic rings. The van der Waals surface area contributed by atoms with E-state index in [-0.39, 0.29) is 30.6 Å². The molecule has 0 aliphatic carbocycles. The van der Waals surface area contributed by atoms with Gasteiger partial charge in [-0.05, 0) is 24.6 Å². The van der Waals surface area contributed by atoms with E-state index in [0.717, 1.165) is 5.56 Å². The fourth-order valence-electron chi connectivity index (χ4n) is 2.98. The molecule has 0 radical (unpaired) electrons. The highest BCUT2D eigenvalue weighted by atomic mass is 19.3. The Morgan fingerprint density at radius 1 is 1.06 bits per heavy atom. The predicted octanol–water partition coefficient (Wildman–Crippen LogP) is 4.59. The number of ether oxygens (including phenoxy) is 2. The zero-order valence-electron chi connectivity index (χ0n) is 16.8. The average molecular weight is 441 g/mol. The van der Waals surface area contributed by atoms with Gasteiger partial charge >= 0.3 is 12.6 Å². The molecule has 0 N–H and O–H groups in total. The summed E-state index contributed by atoms with van der Waals surface area (Å²) in [5.74, 6) is 0.278. The molecule has 0 unspecified atom stereocenters. The van der Waals surface area contributed by atoms with Crippen molar-refractivity contribution in [2.24, 2.45) is 0 Å². The van der Waals surface area contributed by atoms with Crippen molar-refractivity contribution in [1.82, 2.24) is 15.4 Å². The van der Waals surface area contributed by atoms with Gasteiger partial charge < -0.3 is 18.4 Å². The number of hydrogen-bond acceptors (Lipinski definition) is 8. The van der Waals surface area contributed by atoms with Gasteiger partial charge in [0.25, 0.3) is 11.8 Å². The Morgan fingerprint density at radius 3 is 2.53 bits per heavy atom. The highest BCUT2D eigenvalue weighted by Gasteiger charge is 2.22. The zero-order valence-corrected chi connectivity index (χ0v) is 16.8. The molecule has 0 saturated carbocycles. The second-order valence-corrected chi connectivity index (χ2v) is 6.69. The molecule has 0 aliphatic heterocycles. The summed E-state index contributed by atoms with van der Waals surface area (Å²) in [6.07, 6.45) is -0.0567. The van der Waals surface area contributed by atoms with E-state index in [4.69, 9.17) is 13.7 Å². The topological polar surface area (TPSA) is 100 Å². The van der Waals surface area contributed by atoms with Crippen LogP contribution in [0.15, 0.2) is 63.5 Å². The molecule has 0 saturated heterocycles. The van der Waals surface area contributed by atoms with Gasteiger partial charge in [0, 0.05) is 5.56 Å². The molecule has 32 heavy (non-hydrogen) atoms. The van der Waals surface area contributed by atoms with Crippen LogP contribution < -0.4 is 4.74 Å². The molecule has 10 heteroatoms. The van der Waals surface area contributed by atoms with Crippen molar-refractivity contribution >= 4 is 5.97 Å². The summed E-state index contributed by atoms with van der Waals surface area (Å²) < 4.78 is 44.8. The van der Waals surface area contributed by atoms with Gasteiger partial charge in [0.2, 0.25) is 0 Å². The molecule has 8 nitrogen and oxygen atoms in total. The van der Waals surface area contributed by atoms with Crippen LogP contribution in [0, 0.1) is 6.92 Å². The third-order valence-electron chi connectivity index (χ3n) is 4.44. The second-order valence-electron chi connectivity index (χ2n) is 6.69. The third-order valence-corrected chi connectivity index (χ3v) is 4.44. The maximum atomic E-state index is 12.2. The number of aryl methyl sites for hydroxylation is 1. The number of nitrogens with zero attached hydrogens (tertiary/aromatic N) is 3.